The van der Waals surface area contributed by atoms with E-state index in [4.69, 9.17) is 0 Å². The number of rotatable bonds is 5. The van der Waals surface area contributed by atoms with Crippen LogP contribution in [0.25, 0.3) is 0 Å². The van der Waals surface area contributed by atoms with Crippen LogP contribution in [0.4, 0.5) is 0 Å². The number of aliphatic imine (C=N–C) groups is 1. The van der Waals surface area contributed by atoms with Crippen molar-refractivity contribution in [2.45, 2.75) is 37.0 Å². The predicted molar refractivity (Wildman–Crippen MR) is 92.3 cm³/mol. The summed E-state index contributed by atoms with van der Waals surface area (Å²) in [7, 11) is -3.55. The van der Waals surface area contributed by atoms with E-state index in [0.29, 0.717) is 12.1 Å². The molecule has 1 aliphatic carbocycles. The molecule has 0 spiro atoms. The zero-order chi connectivity index (χ0) is 17.0. The molecule has 0 saturated carbocycles. The molecule has 0 fully saturated rings. The number of benzene rings is 1. The summed E-state index contributed by atoms with van der Waals surface area (Å²) >= 11 is 0. The Morgan fingerprint density at radius 3 is 2.88 bits per heavy atom. The van der Waals surface area contributed by atoms with Crippen LogP contribution in [-0.4, -0.2) is 33.3 Å². The molecule has 0 atom stereocenters. The Hall–Kier alpha value is -2.15. The maximum Gasteiger partial charge on any atom is 0.263 e. The molecule has 3 rings (SSSR count). The van der Waals surface area contributed by atoms with Crippen molar-refractivity contribution in [2.24, 2.45) is 4.99 Å². The number of hydrogen-bond donors (Lipinski definition) is 2. The van der Waals surface area contributed by atoms with Gasteiger partial charge in [0.05, 0.1) is 4.90 Å². The van der Waals surface area contributed by atoms with Crippen LogP contribution in [0.5, 0.6) is 0 Å². The highest BCUT2D eigenvalue weighted by Crippen LogP contribution is 2.22. The van der Waals surface area contributed by atoms with Crippen LogP contribution in [0, 0.1) is 0 Å². The summed E-state index contributed by atoms with van der Waals surface area (Å²) in [4.78, 5) is 16.2. The van der Waals surface area contributed by atoms with Crippen molar-refractivity contribution in [3.8, 4) is 0 Å². The number of nitrogens with zero attached hydrogens (tertiary/aromatic N) is 1. The number of sulfonamides is 1. The summed E-state index contributed by atoms with van der Waals surface area (Å²) in [6, 6.07) is 6.61. The van der Waals surface area contributed by atoms with Crippen LogP contribution < -0.4 is 10.0 Å². The first-order valence-corrected chi connectivity index (χ1v) is 9.66. The molecule has 1 amide bonds. The number of hydrogen-bond acceptors (Lipinski definition) is 4. The number of nitrogens with one attached hydrogen (secondary N) is 2. The van der Waals surface area contributed by atoms with Gasteiger partial charge in [0.25, 0.3) is 10.0 Å². The lowest BCUT2D eigenvalue weighted by Crippen LogP contribution is -2.29. The molecule has 2 N–H and O–H groups in total. The number of allylic oxidation sites excluding steroid dienone is 1. The molecule has 24 heavy (non-hydrogen) atoms. The van der Waals surface area contributed by atoms with E-state index in [1.165, 1.54) is 24.5 Å². The molecule has 0 unspecified atom stereocenters. The molecule has 0 saturated heterocycles. The summed E-state index contributed by atoms with van der Waals surface area (Å²) in [5, 5.41) is 2.83. The molecule has 7 heteroatoms. The van der Waals surface area contributed by atoms with Crippen LogP contribution in [0.2, 0.25) is 0 Å². The quantitative estimate of drug-likeness (QED) is 0.795. The average molecular weight is 347 g/mol. The van der Waals surface area contributed by atoms with Gasteiger partial charge in [-0.25, -0.2) is 8.42 Å². The van der Waals surface area contributed by atoms with Crippen LogP contribution in [0.15, 0.2) is 45.8 Å². The minimum absolute atomic E-state index is 0.0920. The molecule has 6 nitrogen and oxygen atoms in total. The second-order valence-corrected chi connectivity index (χ2v) is 7.63. The van der Waals surface area contributed by atoms with Gasteiger partial charge in [-0.3, -0.25) is 14.5 Å². The lowest BCUT2D eigenvalue weighted by atomic mass is 9.97. The van der Waals surface area contributed by atoms with E-state index >= 15 is 0 Å². The SMILES string of the molecule is O=C(CN=C1NS(=O)(=O)c2ccccc21)NCCC1=CCCCC1. The molecular weight excluding hydrogens is 326 g/mol. The van der Waals surface area contributed by atoms with Gasteiger partial charge in [-0.1, -0.05) is 23.8 Å². The van der Waals surface area contributed by atoms with E-state index in [2.05, 4.69) is 21.1 Å². The Morgan fingerprint density at radius 1 is 1.25 bits per heavy atom. The van der Waals surface area contributed by atoms with Crippen molar-refractivity contribution in [3.05, 3.63) is 41.5 Å². The molecule has 1 aromatic carbocycles. The van der Waals surface area contributed by atoms with E-state index in [-0.39, 0.29) is 23.2 Å². The van der Waals surface area contributed by atoms with Gasteiger partial charge in [-0.2, -0.15) is 0 Å². The van der Waals surface area contributed by atoms with Gasteiger partial charge in [0.1, 0.15) is 12.4 Å². The van der Waals surface area contributed by atoms with E-state index < -0.39 is 10.0 Å². The number of amidine groups is 1. The van der Waals surface area contributed by atoms with Gasteiger partial charge >= 0.3 is 0 Å². The van der Waals surface area contributed by atoms with Gasteiger partial charge in [-0.05, 0) is 44.2 Å². The van der Waals surface area contributed by atoms with E-state index in [9.17, 15) is 13.2 Å². The topological polar surface area (TPSA) is 87.6 Å². The van der Waals surface area contributed by atoms with Crippen LogP contribution in [0.3, 0.4) is 0 Å². The lowest BCUT2D eigenvalue weighted by molar-refractivity contribution is -0.119. The van der Waals surface area contributed by atoms with Gasteiger partial charge in [0, 0.05) is 12.1 Å². The van der Waals surface area contributed by atoms with Gasteiger partial charge in [-0.15, -0.1) is 0 Å². The predicted octanol–water partition coefficient (Wildman–Crippen LogP) is 1.73. The molecule has 1 aliphatic heterocycles. The van der Waals surface area contributed by atoms with E-state index in [1.54, 1.807) is 18.2 Å². The molecule has 0 radical (unpaired) electrons. The van der Waals surface area contributed by atoms with Crippen molar-refractivity contribution in [2.75, 3.05) is 13.1 Å². The monoisotopic (exact) mass is 347 g/mol. The first kappa shape index (κ1) is 16.7. The first-order valence-electron chi connectivity index (χ1n) is 8.17. The second-order valence-electron chi connectivity index (χ2n) is 5.97. The summed E-state index contributed by atoms with van der Waals surface area (Å²) in [6.07, 6.45) is 7.88. The summed E-state index contributed by atoms with van der Waals surface area (Å²) in [5.41, 5.74) is 1.92. The maximum absolute atomic E-state index is 12.0. The smallest absolute Gasteiger partial charge is 0.263 e. The van der Waals surface area contributed by atoms with Gasteiger partial charge < -0.3 is 5.32 Å². The summed E-state index contributed by atoms with van der Waals surface area (Å²) in [6.45, 7) is 0.503. The van der Waals surface area contributed by atoms with Crippen molar-refractivity contribution in [1.82, 2.24) is 10.0 Å². The van der Waals surface area contributed by atoms with Gasteiger partial charge in [0.15, 0.2) is 0 Å². The van der Waals surface area contributed by atoms with Crippen LogP contribution in [-0.2, 0) is 14.8 Å². The number of fused-ring (bicyclic) bond motifs is 1. The zero-order valence-electron chi connectivity index (χ0n) is 13.4. The van der Waals surface area contributed by atoms with Crippen molar-refractivity contribution in [1.29, 1.82) is 0 Å². The highest BCUT2D eigenvalue weighted by Gasteiger charge is 2.30. The zero-order valence-corrected chi connectivity index (χ0v) is 14.2. The van der Waals surface area contributed by atoms with E-state index in [0.717, 1.165) is 19.3 Å². The van der Waals surface area contributed by atoms with Crippen LogP contribution in [0.1, 0.15) is 37.7 Å². The standard InChI is InChI=1S/C17H21N3O3S/c21-16(18-11-10-13-6-2-1-3-7-13)12-19-17-14-8-4-5-9-15(14)24(22,23)20-17/h4-6,8-9H,1-3,7,10-12H2,(H,18,21)(H,19,20). The molecular formula is C17H21N3O3S. The Bertz CT molecular complexity index is 797. The van der Waals surface area contributed by atoms with Crippen molar-refractivity contribution >= 4 is 21.8 Å². The molecule has 0 aromatic heterocycles. The third-order valence-electron chi connectivity index (χ3n) is 4.20. The largest absolute Gasteiger partial charge is 0.354 e. The normalized spacial score (nSPS) is 20.2. The van der Waals surface area contributed by atoms with Crippen molar-refractivity contribution < 1.29 is 13.2 Å². The second kappa shape index (κ2) is 7.17. The third-order valence-corrected chi connectivity index (χ3v) is 5.59. The fourth-order valence-electron chi connectivity index (χ4n) is 2.95. The summed E-state index contributed by atoms with van der Waals surface area (Å²) < 4.78 is 26.3. The van der Waals surface area contributed by atoms with Gasteiger partial charge in [0.2, 0.25) is 5.91 Å². The first-order chi connectivity index (χ1) is 11.6. The highest BCUT2D eigenvalue weighted by atomic mass is 32.2. The fraction of sp³-hybridized carbons (Fsp3) is 0.412. The third kappa shape index (κ3) is 3.84. The minimum atomic E-state index is -3.55. The fourth-order valence-corrected chi connectivity index (χ4v) is 4.20. The highest BCUT2D eigenvalue weighted by molar-refractivity contribution is 7.90. The Kier molecular flexibility index (Phi) is 4.99. The Morgan fingerprint density at radius 2 is 2.08 bits per heavy atom. The Balaban J connectivity index is 1.54. The molecule has 1 heterocycles. The molecule has 1 aromatic rings. The molecule has 2 aliphatic rings. The summed E-state index contributed by atoms with van der Waals surface area (Å²) in [5.74, 6) is 0.0261. The Labute approximate surface area is 142 Å². The number of amides is 1. The number of carbonyl (C=O) groups excluding carboxylic acids is 1. The average Bonchev–Trinajstić information content (AvgIpc) is 2.85. The van der Waals surface area contributed by atoms with Crippen LogP contribution >= 0.6 is 0 Å². The van der Waals surface area contributed by atoms with Crippen molar-refractivity contribution in [3.63, 3.8) is 0 Å². The lowest BCUT2D eigenvalue weighted by Gasteiger charge is -2.12. The molecule has 0 bridgehead atoms. The number of carbonyl (C=O) groups is 1. The minimum Gasteiger partial charge on any atom is -0.354 e. The maximum atomic E-state index is 12.0. The molecule has 128 valence electrons. The van der Waals surface area contributed by atoms with E-state index in [1.807, 2.05) is 0 Å².